The number of nitrogens with zero attached hydrogens (tertiary/aromatic N) is 7. The average Bonchev–Trinajstić information content (AvgIpc) is 3.65. The van der Waals surface area contributed by atoms with Crippen LogP contribution >= 0.6 is 11.6 Å². The number of carbonyl (C=O) groups excluding carboxylic acids is 2. The summed E-state index contributed by atoms with van der Waals surface area (Å²) in [6, 6.07) is 8.47. The van der Waals surface area contributed by atoms with Crippen LogP contribution in [-0.4, -0.2) is 105 Å². The van der Waals surface area contributed by atoms with E-state index < -0.39 is 5.60 Å². The molecule has 0 saturated carbocycles. The van der Waals surface area contributed by atoms with Gasteiger partial charge in [-0.2, -0.15) is 10.2 Å². The van der Waals surface area contributed by atoms with Gasteiger partial charge < -0.3 is 14.9 Å². The molecule has 3 heterocycles. The van der Waals surface area contributed by atoms with Gasteiger partial charge in [0.15, 0.2) is 0 Å². The van der Waals surface area contributed by atoms with Crippen molar-refractivity contribution in [3.05, 3.63) is 64.4 Å². The number of amides is 1. The molecule has 13 nitrogen and oxygen atoms in total. The van der Waals surface area contributed by atoms with E-state index in [-0.39, 0.29) is 17.9 Å². The van der Waals surface area contributed by atoms with Gasteiger partial charge in [0, 0.05) is 55.5 Å². The fourth-order valence-electron chi connectivity index (χ4n) is 4.71. The zero-order chi connectivity index (χ0) is 32.6. The monoisotopic (exact) mass is 637 g/mol. The first-order chi connectivity index (χ1) is 21.4. The van der Waals surface area contributed by atoms with E-state index in [0.29, 0.717) is 54.1 Å². The lowest BCUT2D eigenvalue weighted by atomic mass is 10.1. The van der Waals surface area contributed by atoms with Crippen molar-refractivity contribution < 1.29 is 19.2 Å². The fraction of sp³-hybridized carbons (Fsp3) is 0.484. The number of rotatable bonds is 12. The Kier molecular flexibility index (Phi) is 11.3. The number of halogens is 1. The number of hydrogen-bond donors (Lipinski definition) is 2. The molecule has 1 fully saturated rings. The van der Waals surface area contributed by atoms with E-state index >= 15 is 0 Å². The lowest BCUT2D eigenvalue weighted by Gasteiger charge is -2.34. The number of piperazine rings is 1. The summed E-state index contributed by atoms with van der Waals surface area (Å²) in [5, 5.41) is 19.1. The zero-order valence-electron chi connectivity index (χ0n) is 26.3. The number of aromatic amines is 1. The van der Waals surface area contributed by atoms with Gasteiger partial charge in [-0.25, -0.2) is 4.85 Å². The second kappa shape index (κ2) is 15.2. The second-order valence-corrected chi connectivity index (χ2v) is 12.4. The molecule has 1 amide bonds. The van der Waals surface area contributed by atoms with Crippen molar-refractivity contribution in [2.24, 2.45) is 5.16 Å². The Hall–Kier alpha value is -4.25. The fourth-order valence-corrected chi connectivity index (χ4v) is 4.93. The largest absolute Gasteiger partial charge is 0.459 e. The van der Waals surface area contributed by atoms with E-state index in [2.05, 4.69) is 40.4 Å². The van der Waals surface area contributed by atoms with Crippen molar-refractivity contribution in [1.82, 2.24) is 35.1 Å². The SMILES string of the molecule is [C-]#[N+]c1ccc(-c2ccn(C[C@H](C)NC(=O)c3cc(/C(C)=N/OCCN4CCN(CC(=O)OC(C)(C)C)CC4)n[nH]3)n2)cc1Cl. The van der Waals surface area contributed by atoms with Crippen molar-refractivity contribution >= 4 is 34.9 Å². The Labute approximate surface area is 268 Å². The summed E-state index contributed by atoms with van der Waals surface area (Å²) in [4.78, 5) is 38.2. The number of ether oxygens (including phenoxy) is 1. The summed E-state index contributed by atoms with van der Waals surface area (Å²) >= 11 is 6.16. The summed E-state index contributed by atoms with van der Waals surface area (Å²) in [5.74, 6) is -0.496. The van der Waals surface area contributed by atoms with E-state index in [9.17, 15) is 9.59 Å². The maximum atomic E-state index is 12.8. The van der Waals surface area contributed by atoms with Crippen LogP contribution in [0.1, 0.15) is 50.8 Å². The van der Waals surface area contributed by atoms with Crippen LogP contribution < -0.4 is 5.32 Å². The van der Waals surface area contributed by atoms with Crippen LogP contribution in [0.3, 0.4) is 0 Å². The second-order valence-electron chi connectivity index (χ2n) is 12.0. The lowest BCUT2D eigenvalue weighted by Crippen LogP contribution is -2.49. The van der Waals surface area contributed by atoms with Gasteiger partial charge in [0.25, 0.3) is 5.91 Å². The third-order valence-corrected chi connectivity index (χ3v) is 7.28. The van der Waals surface area contributed by atoms with Crippen molar-refractivity contribution in [2.75, 3.05) is 45.9 Å². The minimum absolute atomic E-state index is 0.200. The molecule has 1 aliphatic rings. The number of oxime groups is 1. The summed E-state index contributed by atoms with van der Waals surface area (Å²) < 4.78 is 7.15. The van der Waals surface area contributed by atoms with E-state index in [1.807, 2.05) is 46.0 Å². The Bertz CT molecular complexity index is 1540. The van der Waals surface area contributed by atoms with Gasteiger partial charge in [0.1, 0.15) is 29.3 Å². The summed E-state index contributed by atoms with van der Waals surface area (Å²) in [6.07, 6.45) is 1.83. The molecule has 1 saturated heterocycles. The molecule has 0 bridgehead atoms. The van der Waals surface area contributed by atoms with E-state index in [1.54, 1.807) is 29.8 Å². The number of carbonyl (C=O) groups is 2. The molecule has 3 aromatic rings. The Morgan fingerprint density at radius 1 is 1.18 bits per heavy atom. The number of esters is 1. The minimum Gasteiger partial charge on any atom is -0.459 e. The van der Waals surface area contributed by atoms with E-state index in [1.165, 1.54) is 0 Å². The van der Waals surface area contributed by atoms with Gasteiger partial charge >= 0.3 is 5.97 Å². The van der Waals surface area contributed by atoms with Crippen LogP contribution in [0.25, 0.3) is 16.1 Å². The van der Waals surface area contributed by atoms with Gasteiger partial charge in [-0.15, -0.1) is 0 Å². The standard InChI is InChI=1S/C31H40ClN9O4/c1-21(19-41-10-9-25(37-41)23-7-8-26(33-6)24(32)17-23)34-30(43)28-18-27(35-36-28)22(2)38-44-16-15-39-11-13-40(14-12-39)20-29(42)45-31(3,4)5/h7-10,17-18,21H,11-16,19-20H2,1-5H3,(H,34,43)(H,35,36)/b38-22+/t21-/m0/s1. The van der Waals surface area contributed by atoms with Gasteiger partial charge in [-0.05, 0) is 52.8 Å². The quantitative estimate of drug-likeness (QED) is 0.100. The van der Waals surface area contributed by atoms with Crippen LogP contribution in [0.5, 0.6) is 0 Å². The molecule has 0 unspecified atom stereocenters. The van der Waals surface area contributed by atoms with Crippen molar-refractivity contribution in [3.8, 4) is 11.3 Å². The van der Waals surface area contributed by atoms with Gasteiger partial charge in [0.2, 0.25) is 5.69 Å². The third-order valence-electron chi connectivity index (χ3n) is 6.97. The zero-order valence-corrected chi connectivity index (χ0v) is 27.1. The predicted molar refractivity (Wildman–Crippen MR) is 171 cm³/mol. The smallest absolute Gasteiger partial charge is 0.320 e. The molecule has 45 heavy (non-hydrogen) atoms. The molecule has 2 N–H and O–H groups in total. The average molecular weight is 638 g/mol. The first kappa shape index (κ1) is 33.6. The van der Waals surface area contributed by atoms with Crippen LogP contribution in [0.2, 0.25) is 5.02 Å². The number of benzene rings is 1. The Morgan fingerprint density at radius 3 is 2.60 bits per heavy atom. The number of nitrogens with one attached hydrogen (secondary N) is 2. The van der Waals surface area contributed by atoms with Gasteiger partial charge in [-0.1, -0.05) is 28.9 Å². The molecule has 240 valence electrons. The maximum absolute atomic E-state index is 12.8. The molecule has 0 radical (unpaired) electrons. The molecule has 0 spiro atoms. The molecule has 2 aromatic heterocycles. The highest BCUT2D eigenvalue weighted by Crippen LogP contribution is 2.29. The molecular weight excluding hydrogens is 598 g/mol. The number of aromatic nitrogens is 4. The molecule has 14 heteroatoms. The van der Waals surface area contributed by atoms with Crippen LogP contribution in [-0.2, 0) is 20.9 Å². The van der Waals surface area contributed by atoms with Crippen molar-refractivity contribution in [1.29, 1.82) is 0 Å². The van der Waals surface area contributed by atoms with Crippen LogP contribution in [0.4, 0.5) is 5.69 Å². The first-order valence-electron chi connectivity index (χ1n) is 14.8. The molecule has 1 aromatic carbocycles. The molecule has 1 atom stereocenters. The number of hydrogen-bond acceptors (Lipinski definition) is 9. The normalized spacial score (nSPS) is 15.4. The molecular formula is C31H40ClN9O4. The van der Waals surface area contributed by atoms with E-state index in [0.717, 1.165) is 37.4 Å². The third kappa shape index (κ3) is 10.1. The minimum atomic E-state index is -0.475. The highest BCUT2D eigenvalue weighted by atomic mass is 35.5. The first-order valence-corrected chi connectivity index (χ1v) is 15.2. The number of H-pyrrole nitrogens is 1. The molecule has 1 aliphatic heterocycles. The Balaban J connectivity index is 1.17. The lowest BCUT2D eigenvalue weighted by molar-refractivity contribution is -0.156. The topological polar surface area (TPSA) is 134 Å². The summed E-state index contributed by atoms with van der Waals surface area (Å²) in [6.45, 7) is 21.5. The highest BCUT2D eigenvalue weighted by molar-refractivity contribution is 6.33. The van der Waals surface area contributed by atoms with Crippen molar-refractivity contribution in [2.45, 2.75) is 52.8 Å². The summed E-state index contributed by atoms with van der Waals surface area (Å²) in [7, 11) is 0. The van der Waals surface area contributed by atoms with Gasteiger partial charge in [0.05, 0.1) is 25.4 Å². The van der Waals surface area contributed by atoms with Gasteiger partial charge in [-0.3, -0.25) is 29.2 Å². The highest BCUT2D eigenvalue weighted by Gasteiger charge is 2.22. The maximum Gasteiger partial charge on any atom is 0.320 e. The van der Waals surface area contributed by atoms with Crippen molar-refractivity contribution in [3.63, 3.8) is 0 Å². The molecule has 4 rings (SSSR count). The van der Waals surface area contributed by atoms with E-state index in [4.69, 9.17) is 27.7 Å². The Morgan fingerprint density at radius 2 is 1.91 bits per heavy atom. The molecule has 0 aliphatic carbocycles. The predicted octanol–water partition coefficient (Wildman–Crippen LogP) is 4.00. The van der Waals surface area contributed by atoms with Crippen LogP contribution in [0.15, 0.2) is 41.7 Å². The summed E-state index contributed by atoms with van der Waals surface area (Å²) in [5.41, 5.74) is 2.83. The van der Waals surface area contributed by atoms with Crippen LogP contribution in [0, 0.1) is 6.57 Å².